The van der Waals surface area contributed by atoms with Gasteiger partial charge in [-0.1, -0.05) is 22.0 Å². The number of hydrogen-bond donors (Lipinski definition) is 0. The number of Topliss-reactive ketones (excluding diaryl/α,β-unsaturated/α-hetero) is 1. The topological polar surface area (TPSA) is 52.6 Å². The second-order valence-electron chi connectivity index (χ2n) is 4.97. The van der Waals surface area contributed by atoms with Gasteiger partial charge < -0.3 is 9.47 Å². The molecule has 1 rings (SSSR count). The fourth-order valence-corrected chi connectivity index (χ4v) is 1.82. The van der Waals surface area contributed by atoms with E-state index in [-0.39, 0.29) is 19.0 Å². The van der Waals surface area contributed by atoms with E-state index in [2.05, 4.69) is 15.9 Å². The third kappa shape index (κ3) is 4.07. The lowest BCUT2D eigenvalue weighted by molar-refractivity contribution is -0.158. The highest BCUT2D eigenvalue weighted by molar-refractivity contribution is 9.10. The van der Waals surface area contributed by atoms with Crippen molar-refractivity contribution in [2.75, 3.05) is 13.2 Å². The average molecular weight is 343 g/mol. The lowest BCUT2D eigenvalue weighted by Crippen LogP contribution is -2.38. The van der Waals surface area contributed by atoms with E-state index in [0.717, 1.165) is 10.0 Å². The van der Waals surface area contributed by atoms with Gasteiger partial charge in [0.1, 0.15) is 17.8 Å². The van der Waals surface area contributed by atoms with Crippen LogP contribution in [-0.4, -0.2) is 25.0 Å². The van der Waals surface area contributed by atoms with E-state index in [9.17, 15) is 9.59 Å². The summed E-state index contributed by atoms with van der Waals surface area (Å²) in [6.45, 7) is 6.78. The van der Waals surface area contributed by atoms with E-state index in [1.807, 2.05) is 19.1 Å². The van der Waals surface area contributed by atoms with Crippen LogP contribution in [0, 0.1) is 12.3 Å². The molecule has 0 bridgehead atoms. The molecule has 0 aliphatic rings. The van der Waals surface area contributed by atoms with Crippen LogP contribution >= 0.6 is 15.9 Å². The molecule has 0 N–H and O–H groups in total. The Kier molecular flexibility index (Phi) is 5.74. The molecule has 0 aromatic heterocycles. The van der Waals surface area contributed by atoms with Crippen molar-refractivity contribution in [3.05, 3.63) is 28.2 Å². The number of benzene rings is 1. The monoisotopic (exact) mass is 342 g/mol. The van der Waals surface area contributed by atoms with Gasteiger partial charge in [-0.15, -0.1) is 0 Å². The Balaban J connectivity index is 2.71. The summed E-state index contributed by atoms with van der Waals surface area (Å²) in [6.07, 6.45) is 0. The van der Waals surface area contributed by atoms with Crippen molar-refractivity contribution >= 4 is 27.7 Å². The first-order chi connectivity index (χ1) is 9.28. The highest BCUT2D eigenvalue weighted by Gasteiger charge is 2.37. The zero-order valence-electron chi connectivity index (χ0n) is 12.2. The molecule has 0 atom stereocenters. The SMILES string of the molecule is CCOC(=O)C(C)(C)C(=O)COc1cc(Br)ccc1C. The van der Waals surface area contributed by atoms with Gasteiger partial charge in [0.2, 0.25) is 0 Å². The Morgan fingerprint density at radius 1 is 1.30 bits per heavy atom. The summed E-state index contributed by atoms with van der Waals surface area (Å²) in [6, 6.07) is 5.58. The van der Waals surface area contributed by atoms with Crippen molar-refractivity contribution in [2.45, 2.75) is 27.7 Å². The Labute approximate surface area is 127 Å². The number of hydrogen-bond acceptors (Lipinski definition) is 4. The maximum atomic E-state index is 12.1. The summed E-state index contributed by atoms with van der Waals surface area (Å²) in [5.41, 5.74) is -0.273. The van der Waals surface area contributed by atoms with Crippen LogP contribution in [0.2, 0.25) is 0 Å². The molecule has 1 aromatic carbocycles. The molecule has 0 saturated carbocycles. The zero-order chi connectivity index (χ0) is 15.3. The first-order valence-electron chi connectivity index (χ1n) is 6.38. The van der Waals surface area contributed by atoms with Crippen molar-refractivity contribution < 1.29 is 19.1 Å². The van der Waals surface area contributed by atoms with E-state index in [4.69, 9.17) is 9.47 Å². The largest absolute Gasteiger partial charge is 0.485 e. The van der Waals surface area contributed by atoms with E-state index in [1.54, 1.807) is 26.8 Å². The number of ketones is 1. The lowest BCUT2D eigenvalue weighted by Gasteiger charge is -2.21. The van der Waals surface area contributed by atoms with Gasteiger partial charge in [0, 0.05) is 4.47 Å². The molecule has 0 amide bonds. The molecule has 5 heteroatoms. The lowest BCUT2D eigenvalue weighted by atomic mass is 9.88. The number of aryl methyl sites for hydroxylation is 1. The summed E-state index contributed by atoms with van der Waals surface area (Å²) in [4.78, 5) is 23.8. The predicted molar refractivity (Wildman–Crippen MR) is 79.8 cm³/mol. The summed E-state index contributed by atoms with van der Waals surface area (Å²) < 4.78 is 11.3. The van der Waals surface area contributed by atoms with Crippen molar-refractivity contribution in [1.82, 2.24) is 0 Å². The zero-order valence-corrected chi connectivity index (χ0v) is 13.7. The standard InChI is InChI=1S/C15H19BrO4/c1-5-19-14(18)15(3,4)13(17)9-20-12-8-11(16)7-6-10(12)2/h6-8H,5,9H2,1-4H3. The molecule has 0 heterocycles. The second-order valence-corrected chi connectivity index (χ2v) is 5.88. The molecule has 0 aliphatic heterocycles. The number of halogens is 1. The van der Waals surface area contributed by atoms with E-state index >= 15 is 0 Å². The van der Waals surface area contributed by atoms with E-state index < -0.39 is 11.4 Å². The molecule has 0 radical (unpaired) electrons. The summed E-state index contributed by atoms with van der Waals surface area (Å²) in [5.74, 6) is -0.220. The van der Waals surface area contributed by atoms with Gasteiger partial charge in [-0.25, -0.2) is 0 Å². The highest BCUT2D eigenvalue weighted by Crippen LogP contribution is 2.24. The molecule has 0 saturated heterocycles. The van der Waals surface area contributed by atoms with Gasteiger partial charge in [0.25, 0.3) is 0 Å². The maximum absolute atomic E-state index is 12.1. The van der Waals surface area contributed by atoms with Crippen molar-refractivity contribution in [2.24, 2.45) is 5.41 Å². The fraction of sp³-hybridized carbons (Fsp3) is 0.467. The first kappa shape index (κ1) is 16.7. The van der Waals surface area contributed by atoms with Crippen molar-refractivity contribution in [1.29, 1.82) is 0 Å². The summed E-state index contributed by atoms with van der Waals surface area (Å²) in [7, 11) is 0. The van der Waals surface area contributed by atoms with Crippen LogP contribution in [0.3, 0.4) is 0 Å². The van der Waals surface area contributed by atoms with Crippen LogP contribution in [-0.2, 0) is 14.3 Å². The van der Waals surface area contributed by atoms with Crippen LogP contribution in [0.4, 0.5) is 0 Å². The van der Waals surface area contributed by atoms with Gasteiger partial charge >= 0.3 is 5.97 Å². The molecular formula is C15H19BrO4. The Morgan fingerprint density at radius 2 is 1.95 bits per heavy atom. The van der Waals surface area contributed by atoms with Gasteiger partial charge in [-0.2, -0.15) is 0 Å². The molecular weight excluding hydrogens is 324 g/mol. The summed E-state index contributed by atoms with van der Waals surface area (Å²) >= 11 is 3.35. The van der Waals surface area contributed by atoms with Gasteiger partial charge in [-0.05, 0) is 45.4 Å². The van der Waals surface area contributed by atoms with Crippen molar-refractivity contribution in [3.8, 4) is 5.75 Å². The molecule has 0 aliphatic carbocycles. The third-order valence-electron chi connectivity index (χ3n) is 2.99. The average Bonchev–Trinajstić information content (AvgIpc) is 2.39. The predicted octanol–water partition coefficient (Wildman–Crippen LogP) is 3.29. The highest BCUT2D eigenvalue weighted by atomic mass is 79.9. The number of rotatable bonds is 6. The quantitative estimate of drug-likeness (QED) is 0.588. The number of carbonyl (C=O) groups excluding carboxylic acids is 2. The van der Waals surface area contributed by atoms with Crippen LogP contribution in [0.15, 0.2) is 22.7 Å². The molecule has 20 heavy (non-hydrogen) atoms. The van der Waals surface area contributed by atoms with Crippen LogP contribution < -0.4 is 4.74 Å². The van der Waals surface area contributed by atoms with Gasteiger partial charge in [0.15, 0.2) is 5.78 Å². The van der Waals surface area contributed by atoms with Gasteiger partial charge in [0.05, 0.1) is 6.61 Å². The molecule has 1 aromatic rings. The molecule has 0 unspecified atom stereocenters. The number of esters is 1. The van der Waals surface area contributed by atoms with E-state index in [1.165, 1.54) is 0 Å². The molecule has 0 spiro atoms. The summed E-state index contributed by atoms with van der Waals surface area (Å²) in [5, 5.41) is 0. The Bertz CT molecular complexity index is 509. The Morgan fingerprint density at radius 3 is 2.55 bits per heavy atom. The van der Waals surface area contributed by atoms with Crippen molar-refractivity contribution in [3.63, 3.8) is 0 Å². The smallest absolute Gasteiger partial charge is 0.319 e. The third-order valence-corrected chi connectivity index (χ3v) is 3.49. The normalized spacial score (nSPS) is 11.1. The molecule has 4 nitrogen and oxygen atoms in total. The van der Waals surface area contributed by atoms with Crippen LogP contribution in [0.1, 0.15) is 26.3 Å². The van der Waals surface area contributed by atoms with E-state index in [0.29, 0.717) is 5.75 Å². The van der Waals surface area contributed by atoms with Crippen LogP contribution in [0.5, 0.6) is 5.75 Å². The maximum Gasteiger partial charge on any atom is 0.319 e. The Hall–Kier alpha value is -1.36. The van der Waals surface area contributed by atoms with Gasteiger partial charge in [-0.3, -0.25) is 9.59 Å². The molecule has 0 fully saturated rings. The minimum absolute atomic E-state index is 0.164. The first-order valence-corrected chi connectivity index (χ1v) is 7.17. The minimum Gasteiger partial charge on any atom is -0.485 e. The fourth-order valence-electron chi connectivity index (χ4n) is 1.48. The minimum atomic E-state index is -1.20. The van der Waals surface area contributed by atoms with Crippen LogP contribution in [0.25, 0.3) is 0 Å². The number of ether oxygens (including phenoxy) is 2. The number of carbonyl (C=O) groups is 2. The molecule has 110 valence electrons. The second kappa shape index (κ2) is 6.88.